The maximum absolute atomic E-state index is 13.3. The quantitative estimate of drug-likeness (QED) is 0.854. The highest BCUT2D eigenvalue weighted by atomic mass is 19.1. The molecular weight excluding hydrogens is 245 g/mol. The Kier molecular flexibility index (Phi) is 2.78. The van der Waals surface area contributed by atoms with Gasteiger partial charge in [-0.05, 0) is 43.2 Å². The number of hydrogen-bond donors (Lipinski definition) is 1. The van der Waals surface area contributed by atoms with Crippen molar-refractivity contribution in [3.05, 3.63) is 47.4 Å². The molecular formula is C15H12FNO2. The van der Waals surface area contributed by atoms with Gasteiger partial charge in [0.25, 0.3) is 0 Å². The normalized spacial score (nSPS) is 14.3. The predicted molar refractivity (Wildman–Crippen MR) is 68.6 cm³/mol. The maximum atomic E-state index is 13.3. The summed E-state index contributed by atoms with van der Waals surface area (Å²) in [6, 6.07) is 7.63. The summed E-state index contributed by atoms with van der Waals surface area (Å²) in [5.74, 6) is -0.929. The van der Waals surface area contributed by atoms with Crippen molar-refractivity contribution >= 4 is 5.78 Å². The number of fused-ring (bicyclic) bond motifs is 1. The third-order valence-electron chi connectivity index (χ3n) is 3.34. The van der Waals surface area contributed by atoms with E-state index in [1.807, 2.05) is 0 Å². The van der Waals surface area contributed by atoms with Crippen LogP contribution in [-0.2, 0) is 6.42 Å². The summed E-state index contributed by atoms with van der Waals surface area (Å²) in [4.78, 5) is 16.1. The summed E-state index contributed by atoms with van der Waals surface area (Å²) in [5.41, 5.74) is 2.67. The van der Waals surface area contributed by atoms with Crippen LogP contribution in [0.1, 0.15) is 28.9 Å². The van der Waals surface area contributed by atoms with E-state index in [2.05, 4.69) is 4.98 Å². The third kappa shape index (κ3) is 2.10. The predicted octanol–water partition coefficient (Wildman–Crippen LogP) is 3.11. The first-order valence-corrected chi connectivity index (χ1v) is 6.17. The Morgan fingerprint density at radius 3 is 2.79 bits per heavy atom. The van der Waals surface area contributed by atoms with Crippen LogP contribution in [-0.4, -0.2) is 15.9 Å². The molecule has 1 N–H and O–H groups in total. The number of rotatable bonds is 1. The highest BCUT2D eigenvalue weighted by Gasteiger charge is 2.18. The zero-order chi connectivity index (χ0) is 13.4. The first-order chi connectivity index (χ1) is 9.15. The molecule has 4 heteroatoms. The highest BCUT2D eigenvalue weighted by molar-refractivity contribution is 5.98. The summed E-state index contributed by atoms with van der Waals surface area (Å²) in [7, 11) is 0. The van der Waals surface area contributed by atoms with Gasteiger partial charge in [-0.1, -0.05) is 0 Å². The summed E-state index contributed by atoms with van der Waals surface area (Å²) in [6.07, 6.45) is 2.16. The minimum absolute atomic E-state index is 0.122. The zero-order valence-corrected chi connectivity index (χ0v) is 10.2. The Bertz CT molecular complexity index is 667. The monoisotopic (exact) mass is 257 g/mol. The van der Waals surface area contributed by atoms with Gasteiger partial charge in [-0.2, -0.15) is 0 Å². The molecule has 3 rings (SSSR count). The molecule has 2 aromatic rings. The first kappa shape index (κ1) is 11.8. The van der Waals surface area contributed by atoms with Gasteiger partial charge < -0.3 is 5.11 Å². The van der Waals surface area contributed by atoms with E-state index in [0.717, 1.165) is 18.5 Å². The molecule has 0 atom stereocenters. The number of phenols is 1. The number of benzene rings is 1. The minimum Gasteiger partial charge on any atom is -0.505 e. The van der Waals surface area contributed by atoms with E-state index >= 15 is 0 Å². The molecule has 1 heterocycles. The van der Waals surface area contributed by atoms with E-state index in [4.69, 9.17) is 0 Å². The number of ketones is 1. The lowest BCUT2D eigenvalue weighted by Crippen LogP contribution is -2.12. The van der Waals surface area contributed by atoms with Gasteiger partial charge in [0.2, 0.25) is 0 Å². The van der Waals surface area contributed by atoms with Crippen LogP contribution in [0.3, 0.4) is 0 Å². The van der Waals surface area contributed by atoms with Crippen molar-refractivity contribution < 1.29 is 14.3 Å². The molecule has 1 aliphatic rings. The second-order valence-corrected chi connectivity index (χ2v) is 4.63. The molecule has 96 valence electrons. The molecule has 0 aliphatic heterocycles. The van der Waals surface area contributed by atoms with Crippen LogP contribution < -0.4 is 0 Å². The van der Waals surface area contributed by atoms with Gasteiger partial charge in [-0.3, -0.25) is 9.78 Å². The Balaban J connectivity index is 2.06. The van der Waals surface area contributed by atoms with Gasteiger partial charge in [0.1, 0.15) is 0 Å². The van der Waals surface area contributed by atoms with Gasteiger partial charge in [-0.25, -0.2) is 4.39 Å². The number of aryl methyl sites for hydroxylation is 1. The lowest BCUT2D eigenvalue weighted by Gasteiger charge is -2.14. The van der Waals surface area contributed by atoms with Crippen LogP contribution in [0.2, 0.25) is 0 Å². The smallest absolute Gasteiger partial charge is 0.165 e. The molecule has 0 spiro atoms. The molecule has 0 bridgehead atoms. The number of Topliss-reactive ketones (excluding diaryl/α,β-unsaturated/α-hetero) is 1. The van der Waals surface area contributed by atoms with Gasteiger partial charge in [0, 0.05) is 17.5 Å². The fourth-order valence-corrected chi connectivity index (χ4v) is 2.32. The van der Waals surface area contributed by atoms with Crippen molar-refractivity contribution in [1.29, 1.82) is 0 Å². The first-order valence-electron chi connectivity index (χ1n) is 6.17. The van der Waals surface area contributed by atoms with E-state index in [0.29, 0.717) is 23.2 Å². The fourth-order valence-electron chi connectivity index (χ4n) is 2.32. The second kappa shape index (κ2) is 4.46. The van der Waals surface area contributed by atoms with Gasteiger partial charge >= 0.3 is 0 Å². The van der Waals surface area contributed by atoms with E-state index in [-0.39, 0.29) is 11.5 Å². The Labute approximate surface area is 109 Å². The van der Waals surface area contributed by atoms with Crippen LogP contribution in [0.15, 0.2) is 30.3 Å². The molecule has 0 unspecified atom stereocenters. The molecule has 1 aromatic carbocycles. The Hall–Kier alpha value is -2.23. The van der Waals surface area contributed by atoms with Crippen molar-refractivity contribution in [3.63, 3.8) is 0 Å². The molecule has 0 radical (unpaired) electrons. The number of halogens is 1. The van der Waals surface area contributed by atoms with Gasteiger partial charge in [0.05, 0.1) is 11.4 Å². The van der Waals surface area contributed by atoms with E-state index in [1.54, 1.807) is 18.2 Å². The summed E-state index contributed by atoms with van der Waals surface area (Å²) < 4.78 is 13.3. The molecule has 0 fully saturated rings. The highest BCUT2D eigenvalue weighted by Crippen LogP contribution is 2.26. The molecule has 1 aromatic heterocycles. The number of pyridine rings is 1. The number of carbonyl (C=O) groups excluding carboxylic acids is 1. The largest absolute Gasteiger partial charge is 0.505 e. The number of hydrogen-bond acceptors (Lipinski definition) is 3. The average molecular weight is 257 g/mol. The van der Waals surface area contributed by atoms with Crippen LogP contribution in [0.4, 0.5) is 4.39 Å². The van der Waals surface area contributed by atoms with Crippen molar-refractivity contribution in [3.8, 4) is 17.0 Å². The van der Waals surface area contributed by atoms with Crippen molar-refractivity contribution in [2.24, 2.45) is 0 Å². The summed E-state index contributed by atoms with van der Waals surface area (Å²) >= 11 is 0. The van der Waals surface area contributed by atoms with Crippen molar-refractivity contribution in [2.45, 2.75) is 19.3 Å². The Morgan fingerprint density at radius 2 is 2.00 bits per heavy atom. The molecule has 1 aliphatic carbocycles. The van der Waals surface area contributed by atoms with Crippen LogP contribution in [0.5, 0.6) is 5.75 Å². The fraction of sp³-hybridized carbons (Fsp3) is 0.200. The van der Waals surface area contributed by atoms with E-state index in [9.17, 15) is 14.3 Å². The van der Waals surface area contributed by atoms with Crippen LogP contribution >= 0.6 is 0 Å². The van der Waals surface area contributed by atoms with Crippen molar-refractivity contribution in [2.75, 3.05) is 0 Å². The second-order valence-electron chi connectivity index (χ2n) is 4.63. The molecule has 19 heavy (non-hydrogen) atoms. The van der Waals surface area contributed by atoms with Crippen LogP contribution in [0.25, 0.3) is 11.3 Å². The van der Waals surface area contributed by atoms with Gasteiger partial charge in [0.15, 0.2) is 17.3 Å². The topological polar surface area (TPSA) is 50.2 Å². The molecule has 0 saturated carbocycles. The number of carbonyl (C=O) groups is 1. The molecule has 3 nitrogen and oxygen atoms in total. The lowest BCUT2D eigenvalue weighted by atomic mass is 9.94. The number of aromatic hydroxyl groups is 1. The lowest BCUT2D eigenvalue weighted by molar-refractivity contribution is 0.0971. The molecule has 0 amide bonds. The number of aromatic nitrogens is 1. The SMILES string of the molecule is O=C1CCCc2nc(-c3ccc(O)c(F)c3)ccc21. The average Bonchev–Trinajstić information content (AvgIpc) is 2.42. The minimum atomic E-state index is -0.673. The zero-order valence-electron chi connectivity index (χ0n) is 10.2. The summed E-state index contributed by atoms with van der Waals surface area (Å²) in [5, 5.41) is 9.18. The molecule has 0 saturated heterocycles. The third-order valence-corrected chi connectivity index (χ3v) is 3.34. The maximum Gasteiger partial charge on any atom is 0.165 e. The van der Waals surface area contributed by atoms with Gasteiger partial charge in [-0.15, -0.1) is 0 Å². The standard InChI is InChI=1S/C15H12FNO2/c16-11-8-9(4-7-15(11)19)12-6-5-10-13(17-12)2-1-3-14(10)18/h4-8,19H,1-3H2. The Morgan fingerprint density at radius 1 is 1.16 bits per heavy atom. The number of nitrogens with zero attached hydrogens (tertiary/aromatic N) is 1. The van der Waals surface area contributed by atoms with E-state index < -0.39 is 5.82 Å². The van der Waals surface area contributed by atoms with E-state index in [1.165, 1.54) is 12.1 Å². The van der Waals surface area contributed by atoms with Crippen molar-refractivity contribution in [1.82, 2.24) is 4.98 Å². The summed E-state index contributed by atoms with van der Waals surface area (Å²) in [6.45, 7) is 0. The van der Waals surface area contributed by atoms with Crippen LogP contribution in [0, 0.1) is 5.82 Å². The number of phenolic OH excluding ortho intramolecular Hbond substituents is 1.